The topological polar surface area (TPSA) is 127 Å². The molecular weight excluding hydrogens is 490 g/mol. The number of carboxylic acid groups (broad SMARTS) is 2. The molecule has 0 fully saturated rings. The van der Waals surface area contributed by atoms with Gasteiger partial charge in [-0.05, 0) is 53.1 Å². The number of rotatable bonds is 10. The standard InChI is InChI=1S/C29H27NO8/c1-36-20-10-4-17(5-11-20)23(31)16-30-26(28(32)33)24(18-6-12-21(37-2)13-7-18)25(27(30)29(34)35)19-8-14-22(38-3)15-9-19/h4-15,23,31H,16H2,1-3H3,(H,32,33)(H,34,35). The van der Waals surface area contributed by atoms with E-state index in [0.29, 0.717) is 33.9 Å². The molecule has 4 aromatic rings. The van der Waals surface area contributed by atoms with E-state index in [4.69, 9.17) is 14.2 Å². The van der Waals surface area contributed by atoms with E-state index >= 15 is 0 Å². The molecule has 196 valence electrons. The van der Waals surface area contributed by atoms with Crippen LogP contribution in [0.3, 0.4) is 0 Å². The molecular formula is C29H27NO8. The Labute approximate surface area is 219 Å². The van der Waals surface area contributed by atoms with E-state index in [1.165, 1.54) is 21.3 Å². The first kappa shape index (κ1) is 26.3. The molecule has 0 saturated heterocycles. The molecule has 1 heterocycles. The van der Waals surface area contributed by atoms with Gasteiger partial charge in [-0.25, -0.2) is 9.59 Å². The van der Waals surface area contributed by atoms with Gasteiger partial charge in [0.2, 0.25) is 0 Å². The van der Waals surface area contributed by atoms with Crippen LogP contribution in [0.15, 0.2) is 72.8 Å². The number of aliphatic hydroxyl groups excluding tert-OH is 1. The van der Waals surface area contributed by atoms with Gasteiger partial charge in [0.15, 0.2) is 0 Å². The number of benzene rings is 3. The molecule has 0 radical (unpaired) electrons. The van der Waals surface area contributed by atoms with Gasteiger partial charge < -0.3 is 34.1 Å². The van der Waals surface area contributed by atoms with Crippen LogP contribution in [0.1, 0.15) is 32.6 Å². The van der Waals surface area contributed by atoms with Crippen molar-refractivity contribution in [3.8, 4) is 39.5 Å². The summed E-state index contributed by atoms with van der Waals surface area (Å²) in [7, 11) is 4.55. The fraction of sp³-hybridized carbons (Fsp3) is 0.172. The first-order valence-electron chi connectivity index (χ1n) is 11.6. The molecule has 0 saturated carbocycles. The molecule has 0 amide bonds. The number of nitrogens with zero attached hydrogens (tertiary/aromatic N) is 1. The molecule has 0 spiro atoms. The number of carbonyl (C=O) groups is 2. The maximum absolute atomic E-state index is 12.7. The van der Waals surface area contributed by atoms with Crippen LogP contribution in [0.4, 0.5) is 0 Å². The number of carboxylic acids is 2. The Bertz CT molecular complexity index is 1360. The van der Waals surface area contributed by atoms with E-state index < -0.39 is 18.0 Å². The highest BCUT2D eigenvalue weighted by Gasteiger charge is 2.33. The van der Waals surface area contributed by atoms with Crippen molar-refractivity contribution in [1.82, 2.24) is 4.57 Å². The van der Waals surface area contributed by atoms with E-state index in [9.17, 15) is 24.9 Å². The first-order valence-corrected chi connectivity index (χ1v) is 11.6. The molecule has 0 aliphatic rings. The van der Waals surface area contributed by atoms with E-state index in [1.54, 1.807) is 72.8 Å². The molecule has 4 rings (SSSR count). The number of hydrogen-bond donors (Lipinski definition) is 3. The SMILES string of the molecule is COc1ccc(-c2c(-c3ccc(OC)cc3)c(C(=O)O)n(CC(O)c3ccc(OC)cc3)c2C(=O)O)cc1. The zero-order valence-electron chi connectivity index (χ0n) is 21.0. The zero-order valence-corrected chi connectivity index (χ0v) is 21.0. The predicted octanol–water partition coefficient (Wildman–Crippen LogP) is 4.98. The predicted molar refractivity (Wildman–Crippen MR) is 140 cm³/mol. The minimum absolute atomic E-state index is 0.213. The van der Waals surface area contributed by atoms with Crippen molar-refractivity contribution in [2.75, 3.05) is 21.3 Å². The van der Waals surface area contributed by atoms with Crippen molar-refractivity contribution in [3.63, 3.8) is 0 Å². The summed E-state index contributed by atoms with van der Waals surface area (Å²) in [5.41, 5.74) is 1.35. The third-order valence-electron chi connectivity index (χ3n) is 6.28. The lowest BCUT2D eigenvalue weighted by atomic mass is 9.94. The second kappa shape index (κ2) is 11.1. The summed E-state index contributed by atoms with van der Waals surface area (Å²) in [4.78, 5) is 25.4. The van der Waals surface area contributed by atoms with Crippen LogP contribution in [0.25, 0.3) is 22.3 Å². The van der Waals surface area contributed by atoms with E-state index in [0.717, 1.165) is 4.57 Å². The first-order chi connectivity index (χ1) is 18.3. The van der Waals surface area contributed by atoms with Crippen LogP contribution in [0.5, 0.6) is 17.2 Å². The molecule has 3 N–H and O–H groups in total. The molecule has 9 heteroatoms. The monoisotopic (exact) mass is 517 g/mol. The lowest BCUT2D eigenvalue weighted by Gasteiger charge is -2.16. The number of aromatic carboxylic acids is 2. The quantitative estimate of drug-likeness (QED) is 0.269. The molecule has 3 aromatic carbocycles. The van der Waals surface area contributed by atoms with Crippen molar-refractivity contribution in [1.29, 1.82) is 0 Å². The number of hydrogen-bond acceptors (Lipinski definition) is 6. The van der Waals surface area contributed by atoms with Crippen molar-refractivity contribution in [2.45, 2.75) is 12.6 Å². The lowest BCUT2D eigenvalue weighted by molar-refractivity contribution is 0.0667. The van der Waals surface area contributed by atoms with Gasteiger partial charge in [-0.1, -0.05) is 36.4 Å². The van der Waals surface area contributed by atoms with Gasteiger partial charge in [-0.15, -0.1) is 0 Å². The van der Waals surface area contributed by atoms with E-state index in [2.05, 4.69) is 0 Å². The second-order valence-electron chi connectivity index (χ2n) is 8.41. The summed E-state index contributed by atoms with van der Waals surface area (Å²) < 4.78 is 16.8. The summed E-state index contributed by atoms with van der Waals surface area (Å²) in [6.07, 6.45) is -1.20. The summed E-state index contributed by atoms with van der Waals surface area (Å²) in [5.74, 6) is -0.961. The Kier molecular flexibility index (Phi) is 7.68. The van der Waals surface area contributed by atoms with Crippen molar-refractivity contribution >= 4 is 11.9 Å². The van der Waals surface area contributed by atoms with Crippen LogP contribution in [-0.2, 0) is 6.54 Å². The third kappa shape index (κ3) is 5.05. The average molecular weight is 518 g/mol. The Balaban J connectivity index is 1.99. The Hall–Kier alpha value is -4.76. The lowest BCUT2D eigenvalue weighted by Crippen LogP contribution is -2.19. The fourth-order valence-electron chi connectivity index (χ4n) is 4.43. The fourth-order valence-corrected chi connectivity index (χ4v) is 4.43. The number of methoxy groups -OCH3 is 3. The van der Waals surface area contributed by atoms with Crippen LogP contribution in [0, 0.1) is 0 Å². The summed E-state index contributed by atoms with van der Waals surface area (Å²) >= 11 is 0. The van der Waals surface area contributed by atoms with Gasteiger partial charge in [-0.3, -0.25) is 0 Å². The molecule has 1 atom stereocenters. The minimum Gasteiger partial charge on any atom is -0.497 e. The van der Waals surface area contributed by atoms with Crippen molar-refractivity contribution < 1.29 is 39.1 Å². The van der Waals surface area contributed by atoms with Gasteiger partial charge in [0.1, 0.15) is 28.6 Å². The largest absolute Gasteiger partial charge is 0.497 e. The molecule has 0 aliphatic heterocycles. The Morgan fingerprint density at radius 3 is 1.32 bits per heavy atom. The Morgan fingerprint density at radius 2 is 1.00 bits per heavy atom. The van der Waals surface area contributed by atoms with Gasteiger partial charge in [0, 0.05) is 11.1 Å². The highest BCUT2D eigenvalue weighted by molar-refractivity contribution is 6.08. The normalized spacial score (nSPS) is 11.6. The second-order valence-corrected chi connectivity index (χ2v) is 8.41. The van der Waals surface area contributed by atoms with Gasteiger partial charge >= 0.3 is 11.9 Å². The smallest absolute Gasteiger partial charge is 0.353 e. The summed E-state index contributed by atoms with van der Waals surface area (Å²) in [6, 6.07) is 20.0. The maximum Gasteiger partial charge on any atom is 0.353 e. The minimum atomic E-state index is -1.33. The highest BCUT2D eigenvalue weighted by Crippen LogP contribution is 2.42. The van der Waals surface area contributed by atoms with Crippen LogP contribution >= 0.6 is 0 Å². The molecule has 1 aromatic heterocycles. The van der Waals surface area contributed by atoms with Crippen molar-refractivity contribution in [3.05, 3.63) is 89.7 Å². The zero-order chi connectivity index (χ0) is 27.4. The molecule has 0 aliphatic carbocycles. The van der Waals surface area contributed by atoms with Crippen molar-refractivity contribution in [2.24, 2.45) is 0 Å². The number of ether oxygens (including phenoxy) is 3. The van der Waals surface area contributed by atoms with Crippen LogP contribution in [0.2, 0.25) is 0 Å². The number of aromatic nitrogens is 1. The highest BCUT2D eigenvalue weighted by atomic mass is 16.5. The van der Waals surface area contributed by atoms with Gasteiger partial charge in [0.05, 0.1) is 34.0 Å². The average Bonchev–Trinajstić information content (AvgIpc) is 3.28. The van der Waals surface area contributed by atoms with E-state index in [-0.39, 0.29) is 29.1 Å². The van der Waals surface area contributed by atoms with Crippen LogP contribution in [-0.4, -0.2) is 53.2 Å². The summed E-state index contributed by atoms with van der Waals surface area (Å²) in [6.45, 7) is -0.311. The summed E-state index contributed by atoms with van der Waals surface area (Å²) in [5, 5.41) is 31.8. The van der Waals surface area contributed by atoms with E-state index in [1.807, 2.05) is 0 Å². The Morgan fingerprint density at radius 1 is 0.658 bits per heavy atom. The number of aliphatic hydroxyl groups is 1. The third-order valence-corrected chi connectivity index (χ3v) is 6.28. The molecule has 1 unspecified atom stereocenters. The van der Waals surface area contributed by atoms with Crippen LogP contribution < -0.4 is 14.2 Å². The molecule has 9 nitrogen and oxygen atoms in total. The molecule has 0 bridgehead atoms. The van der Waals surface area contributed by atoms with Gasteiger partial charge in [0.25, 0.3) is 0 Å². The maximum atomic E-state index is 12.7. The molecule has 38 heavy (non-hydrogen) atoms. The van der Waals surface area contributed by atoms with Gasteiger partial charge in [-0.2, -0.15) is 0 Å².